The molecule has 1 N–H and O–H groups in total. The summed E-state index contributed by atoms with van der Waals surface area (Å²) in [5, 5.41) is 11.1. The number of aryl methyl sites for hydroxylation is 2. The van der Waals surface area contributed by atoms with Crippen molar-refractivity contribution in [2.24, 2.45) is 0 Å². The molecule has 2 aromatic rings. The van der Waals surface area contributed by atoms with Crippen molar-refractivity contribution in [3.8, 4) is 0 Å². The quantitative estimate of drug-likeness (QED) is 0.537. The summed E-state index contributed by atoms with van der Waals surface area (Å²) in [4.78, 5) is 12.3. The number of amides is 1. The van der Waals surface area contributed by atoms with Crippen LogP contribution >= 0.6 is 0 Å². The Morgan fingerprint density at radius 2 is 1.50 bits per heavy atom. The predicted molar refractivity (Wildman–Crippen MR) is 108 cm³/mol. The maximum Gasteiger partial charge on any atom is 0.344 e. The molecule has 0 radical (unpaired) electrons. The van der Waals surface area contributed by atoms with Gasteiger partial charge in [-0.15, -0.1) is 5.10 Å². The van der Waals surface area contributed by atoms with Crippen LogP contribution in [0.5, 0.6) is 0 Å². The Morgan fingerprint density at radius 1 is 0.923 bits per heavy atom. The summed E-state index contributed by atoms with van der Waals surface area (Å²) in [6.07, 6.45) is 12.9. The van der Waals surface area contributed by atoms with Crippen LogP contribution in [0.4, 0.5) is 4.79 Å². The minimum atomic E-state index is -0.188. The van der Waals surface area contributed by atoms with Gasteiger partial charge in [0.2, 0.25) is 0 Å². The van der Waals surface area contributed by atoms with Gasteiger partial charge >= 0.3 is 6.03 Å². The number of nitrogens with one attached hydrogen (secondary N) is 1. The normalized spacial score (nSPS) is 11.2. The first kappa shape index (κ1) is 20.4. The van der Waals surface area contributed by atoms with E-state index in [9.17, 15) is 4.79 Å². The smallest absolute Gasteiger partial charge is 0.336 e. The van der Waals surface area contributed by atoms with Gasteiger partial charge < -0.3 is 5.32 Å². The standard InChI is InChI=1S/C21H34N4O/c1-4-5-6-7-8-9-10-11-12-13-14-22-21(26)25-20-16-18(3)17(2)15-19(20)23-24-25/h15-16H,4-14H2,1-3H3,(H,22,26). The van der Waals surface area contributed by atoms with Gasteiger partial charge in [-0.1, -0.05) is 69.9 Å². The molecule has 1 aromatic heterocycles. The summed E-state index contributed by atoms with van der Waals surface area (Å²) in [5.74, 6) is 0. The highest BCUT2D eigenvalue weighted by Gasteiger charge is 2.12. The Labute approximate surface area is 157 Å². The van der Waals surface area contributed by atoms with Gasteiger partial charge in [0.15, 0.2) is 0 Å². The number of carbonyl (C=O) groups excluding carboxylic acids is 1. The molecule has 0 bridgehead atoms. The topological polar surface area (TPSA) is 59.8 Å². The lowest BCUT2D eigenvalue weighted by Gasteiger charge is -2.06. The molecule has 5 nitrogen and oxygen atoms in total. The second-order valence-corrected chi connectivity index (χ2v) is 7.34. The highest BCUT2D eigenvalue weighted by Crippen LogP contribution is 2.17. The summed E-state index contributed by atoms with van der Waals surface area (Å²) < 4.78 is 1.37. The van der Waals surface area contributed by atoms with E-state index in [2.05, 4.69) is 22.6 Å². The summed E-state index contributed by atoms with van der Waals surface area (Å²) in [6.45, 7) is 7.03. The fourth-order valence-corrected chi connectivity index (χ4v) is 3.21. The lowest BCUT2D eigenvalue weighted by atomic mass is 10.1. The van der Waals surface area contributed by atoms with Gasteiger partial charge in [-0.25, -0.2) is 4.79 Å². The van der Waals surface area contributed by atoms with Crippen molar-refractivity contribution in [3.63, 3.8) is 0 Å². The molecular weight excluding hydrogens is 324 g/mol. The molecule has 0 fully saturated rings. The third-order valence-corrected chi connectivity index (χ3v) is 5.06. The van der Waals surface area contributed by atoms with Crippen molar-refractivity contribution in [3.05, 3.63) is 23.3 Å². The molecule has 0 atom stereocenters. The van der Waals surface area contributed by atoms with E-state index in [1.54, 1.807) is 0 Å². The maximum absolute atomic E-state index is 12.3. The van der Waals surface area contributed by atoms with E-state index >= 15 is 0 Å². The molecule has 144 valence electrons. The third-order valence-electron chi connectivity index (χ3n) is 5.06. The summed E-state index contributed by atoms with van der Waals surface area (Å²) in [6, 6.07) is 3.76. The number of fused-ring (bicyclic) bond motifs is 1. The zero-order valence-corrected chi connectivity index (χ0v) is 16.7. The second kappa shape index (κ2) is 10.9. The minimum absolute atomic E-state index is 0.188. The van der Waals surface area contributed by atoms with E-state index in [1.165, 1.54) is 62.5 Å². The fourth-order valence-electron chi connectivity index (χ4n) is 3.21. The Bertz CT molecular complexity index is 693. The highest BCUT2D eigenvalue weighted by molar-refractivity contribution is 5.88. The molecule has 0 aliphatic carbocycles. The van der Waals surface area contributed by atoms with Crippen LogP contribution in [0, 0.1) is 13.8 Å². The third kappa shape index (κ3) is 6.11. The maximum atomic E-state index is 12.3. The molecule has 0 aliphatic heterocycles. The van der Waals surface area contributed by atoms with Gasteiger partial charge in [0.25, 0.3) is 0 Å². The lowest BCUT2D eigenvalue weighted by molar-refractivity contribution is 0.239. The first-order valence-electron chi connectivity index (χ1n) is 10.2. The predicted octanol–water partition coefficient (Wildman–Crippen LogP) is 5.53. The molecular formula is C21H34N4O. The molecule has 0 saturated heterocycles. The molecule has 0 unspecified atom stereocenters. The Hall–Kier alpha value is -1.91. The Kier molecular flexibility index (Phi) is 8.59. The number of rotatable bonds is 11. The molecule has 2 rings (SSSR count). The van der Waals surface area contributed by atoms with Crippen molar-refractivity contribution in [2.75, 3.05) is 6.54 Å². The zero-order chi connectivity index (χ0) is 18.8. The number of benzene rings is 1. The number of carbonyl (C=O) groups is 1. The van der Waals surface area contributed by atoms with Crippen LogP contribution in [0.15, 0.2) is 12.1 Å². The number of hydrogen-bond acceptors (Lipinski definition) is 3. The van der Waals surface area contributed by atoms with Gasteiger partial charge in [0, 0.05) is 6.54 Å². The summed E-state index contributed by atoms with van der Waals surface area (Å²) in [5.41, 5.74) is 3.84. The molecule has 1 amide bonds. The van der Waals surface area contributed by atoms with Crippen molar-refractivity contribution in [2.45, 2.75) is 85.0 Å². The van der Waals surface area contributed by atoms with Crippen molar-refractivity contribution >= 4 is 17.1 Å². The molecule has 1 aromatic carbocycles. The van der Waals surface area contributed by atoms with Crippen LogP contribution in [-0.2, 0) is 0 Å². The van der Waals surface area contributed by atoms with Crippen LogP contribution < -0.4 is 5.32 Å². The minimum Gasteiger partial charge on any atom is -0.336 e. The van der Waals surface area contributed by atoms with E-state index in [0.29, 0.717) is 6.54 Å². The number of nitrogens with zero attached hydrogens (tertiary/aromatic N) is 3. The van der Waals surface area contributed by atoms with Crippen molar-refractivity contribution < 1.29 is 4.79 Å². The fraction of sp³-hybridized carbons (Fsp3) is 0.667. The van der Waals surface area contributed by atoms with Crippen LogP contribution in [-0.4, -0.2) is 27.6 Å². The lowest BCUT2D eigenvalue weighted by Crippen LogP contribution is -2.30. The van der Waals surface area contributed by atoms with E-state index < -0.39 is 0 Å². The SMILES string of the molecule is CCCCCCCCCCCCNC(=O)n1nnc2cc(C)c(C)cc21. The number of aromatic nitrogens is 3. The molecule has 0 spiro atoms. The van der Waals surface area contributed by atoms with Gasteiger partial charge in [-0.2, -0.15) is 4.68 Å². The van der Waals surface area contributed by atoms with Crippen LogP contribution in [0.1, 0.15) is 82.3 Å². The molecule has 5 heteroatoms. The summed E-state index contributed by atoms with van der Waals surface area (Å²) >= 11 is 0. The number of unbranched alkanes of at least 4 members (excludes halogenated alkanes) is 9. The average Bonchev–Trinajstić information content (AvgIpc) is 3.02. The Morgan fingerprint density at radius 3 is 2.15 bits per heavy atom. The summed E-state index contributed by atoms with van der Waals surface area (Å²) in [7, 11) is 0. The van der Waals surface area contributed by atoms with Gasteiger partial charge in [0.1, 0.15) is 5.52 Å². The first-order valence-corrected chi connectivity index (χ1v) is 10.2. The first-order chi connectivity index (χ1) is 12.6. The van der Waals surface area contributed by atoms with Crippen molar-refractivity contribution in [1.29, 1.82) is 0 Å². The monoisotopic (exact) mass is 358 g/mol. The van der Waals surface area contributed by atoms with E-state index in [-0.39, 0.29) is 6.03 Å². The largest absolute Gasteiger partial charge is 0.344 e. The van der Waals surface area contributed by atoms with E-state index in [1.807, 2.05) is 26.0 Å². The van der Waals surface area contributed by atoms with Gasteiger partial charge in [0.05, 0.1) is 5.52 Å². The van der Waals surface area contributed by atoms with Crippen molar-refractivity contribution in [1.82, 2.24) is 20.3 Å². The van der Waals surface area contributed by atoms with Crippen LogP contribution in [0.25, 0.3) is 11.0 Å². The van der Waals surface area contributed by atoms with Gasteiger partial charge in [-0.3, -0.25) is 0 Å². The molecule has 0 aliphatic rings. The molecule has 1 heterocycles. The molecule has 26 heavy (non-hydrogen) atoms. The van der Waals surface area contributed by atoms with Crippen LogP contribution in [0.3, 0.4) is 0 Å². The van der Waals surface area contributed by atoms with Gasteiger partial charge in [-0.05, 0) is 43.5 Å². The average molecular weight is 359 g/mol. The number of hydrogen-bond donors (Lipinski definition) is 1. The second-order valence-electron chi connectivity index (χ2n) is 7.34. The van der Waals surface area contributed by atoms with Crippen LogP contribution in [0.2, 0.25) is 0 Å². The highest BCUT2D eigenvalue weighted by atomic mass is 16.2. The van der Waals surface area contributed by atoms with E-state index in [0.717, 1.165) is 28.6 Å². The van der Waals surface area contributed by atoms with E-state index in [4.69, 9.17) is 0 Å². The molecule has 0 saturated carbocycles. The zero-order valence-electron chi connectivity index (χ0n) is 16.7. The Balaban J connectivity index is 1.62.